The van der Waals surface area contributed by atoms with Gasteiger partial charge in [-0.1, -0.05) is 54.4 Å². The van der Waals surface area contributed by atoms with Crippen LogP contribution < -0.4 is 0 Å². The summed E-state index contributed by atoms with van der Waals surface area (Å²) in [6.07, 6.45) is 9.01. The highest BCUT2D eigenvalue weighted by Gasteiger charge is 1.94. The summed E-state index contributed by atoms with van der Waals surface area (Å²) in [6, 6.07) is 0. The normalized spacial score (nSPS) is 8.62. The van der Waals surface area contributed by atoms with Crippen molar-refractivity contribution in [2.75, 3.05) is 0 Å². The zero-order chi connectivity index (χ0) is 12.8. The van der Waals surface area contributed by atoms with Gasteiger partial charge >= 0.3 is 0 Å². The summed E-state index contributed by atoms with van der Waals surface area (Å²) in [6.45, 7) is 13.5. The van der Waals surface area contributed by atoms with Crippen LogP contribution in [0.2, 0.25) is 0 Å². The first-order chi connectivity index (χ1) is 7.86. The minimum absolute atomic E-state index is 1.04. The van der Waals surface area contributed by atoms with E-state index >= 15 is 0 Å². The summed E-state index contributed by atoms with van der Waals surface area (Å²) in [5.41, 5.74) is 1.20. The van der Waals surface area contributed by atoms with E-state index in [0.717, 1.165) is 13.0 Å². The van der Waals surface area contributed by atoms with Gasteiger partial charge in [0.25, 0.3) is 0 Å². The third kappa shape index (κ3) is 8.51. The molecule has 0 radical (unpaired) electrons. The summed E-state index contributed by atoms with van der Waals surface area (Å²) in [5, 5.41) is 0. The fourth-order valence-corrected chi connectivity index (χ4v) is 1.26. The third-order valence-electron chi connectivity index (χ3n) is 2.07. The molecule has 1 rings (SSSR count). The Labute approximate surface area is 102 Å². The first-order valence-electron chi connectivity index (χ1n) is 6.87. The van der Waals surface area contributed by atoms with Crippen LogP contribution in [-0.2, 0) is 13.0 Å². The largest absolute Gasteiger partial charge is 0.337 e. The highest BCUT2D eigenvalue weighted by Crippen LogP contribution is 2.01. The third-order valence-corrected chi connectivity index (χ3v) is 2.07. The maximum Gasteiger partial charge on any atom is 0.0949 e. The van der Waals surface area contributed by atoms with E-state index in [1.54, 1.807) is 0 Å². The second kappa shape index (κ2) is 14.2. The Morgan fingerprint density at radius 3 is 2.12 bits per heavy atom. The van der Waals surface area contributed by atoms with Gasteiger partial charge < -0.3 is 4.57 Å². The molecule has 0 aliphatic heterocycles. The van der Waals surface area contributed by atoms with Crippen molar-refractivity contribution in [3.63, 3.8) is 0 Å². The Kier molecular flexibility index (Phi) is 15.6. The first-order valence-corrected chi connectivity index (χ1v) is 6.87. The Bertz CT molecular complexity index is 216. The van der Waals surface area contributed by atoms with E-state index < -0.39 is 0 Å². The zero-order valence-electron chi connectivity index (χ0n) is 12.1. The molecule has 0 saturated carbocycles. The van der Waals surface area contributed by atoms with E-state index in [1.165, 1.54) is 25.0 Å². The summed E-state index contributed by atoms with van der Waals surface area (Å²) in [5.74, 6) is 0. The van der Waals surface area contributed by atoms with Crippen molar-refractivity contribution in [2.45, 2.75) is 73.8 Å². The Morgan fingerprint density at radius 1 is 1.06 bits per heavy atom. The van der Waals surface area contributed by atoms with Crippen LogP contribution in [-0.4, -0.2) is 9.55 Å². The maximum absolute atomic E-state index is 4.28. The van der Waals surface area contributed by atoms with Gasteiger partial charge in [-0.15, -0.1) is 0 Å². The molecule has 1 heterocycles. The molecule has 96 valence electrons. The van der Waals surface area contributed by atoms with E-state index in [-0.39, 0.29) is 0 Å². The summed E-state index contributed by atoms with van der Waals surface area (Å²) < 4.78 is 2.19. The van der Waals surface area contributed by atoms with Crippen molar-refractivity contribution >= 4 is 0 Å². The smallest absolute Gasteiger partial charge is 0.0949 e. The van der Waals surface area contributed by atoms with Gasteiger partial charge in [-0.25, -0.2) is 4.98 Å². The van der Waals surface area contributed by atoms with Crippen LogP contribution in [0.4, 0.5) is 0 Å². The van der Waals surface area contributed by atoms with E-state index in [2.05, 4.69) is 29.6 Å². The minimum Gasteiger partial charge on any atom is -0.337 e. The van der Waals surface area contributed by atoms with Gasteiger partial charge in [-0.3, -0.25) is 0 Å². The number of imidazole rings is 1. The van der Waals surface area contributed by atoms with Crippen LogP contribution in [0.25, 0.3) is 0 Å². The highest BCUT2D eigenvalue weighted by atomic mass is 15.0. The predicted octanol–water partition coefficient (Wildman–Crippen LogP) is 4.69. The van der Waals surface area contributed by atoms with Crippen molar-refractivity contribution in [3.8, 4) is 0 Å². The lowest BCUT2D eigenvalue weighted by molar-refractivity contribution is 0.601. The van der Waals surface area contributed by atoms with Crippen molar-refractivity contribution in [2.24, 2.45) is 0 Å². The van der Waals surface area contributed by atoms with Gasteiger partial charge in [0.05, 0.1) is 12.0 Å². The second-order valence-electron chi connectivity index (χ2n) is 3.16. The molecule has 0 spiro atoms. The summed E-state index contributed by atoms with van der Waals surface area (Å²) >= 11 is 0. The Hall–Kier alpha value is -0.790. The van der Waals surface area contributed by atoms with Crippen LogP contribution in [0, 0.1) is 0 Å². The van der Waals surface area contributed by atoms with Gasteiger partial charge in [-0.2, -0.15) is 0 Å². The van der Waals surface area contributed by atoms with Gasteiger partial charge in [0.15, 0.2) is 0 Å². The lowest BCUT2D eigenvalue weighted by Gasteiger charge is -1.99. The number of unbranched alkanes of at least 4 members (excludes halogenated alkanes) is 2. The fraction of sp³-hybridized carbons (Fsp3) is 0.786. The van der Waals surface area contributed by atoms with Crippen LogP contribution >= 0.6 is 0 Å². The van der Waals surface area contributed by atoms with Crippen LogP contribution in [0.5, 0.6) is 0 Å². The number of aromatic nitrogens is 2. The average molecular weight is 226 g/mol. The Balaban J connectivity index is 0. The van der Waals surface area contributed by atoms with Gasteiger partial charge in [0, 0.05) is 12.7 Å². The van der Waals surface area contributed by atoms with Crippen molar-refractivity contribution in [1.29, 1.82) is 0 Å². The molecule has 16 heavy (non-hydrogen) atoms. The topological polar surface area (TPSA) is 17.8 Å². The number of rotatable bonds is 5. The van der Waals surface area contributed by atoms with Gasteiger partial charge in [-0.05, 0) is 12.8 Å². The minimum atomic E-state index is 1.04. The molecule has 0 N–H and O–H groups in total. The standard InChI is InChI=1S/C10H18N2.2C2H6/c1-3-5-6-7-12-8-10(4-2)11-9-12;2*1-2/h8-9H,3-7H2,1-2H3;2*1-2H3. The SMILES string of the molecule is CC.CC.CCCCCn1cnc(CC)c1. The highest BCUT2D eigenvalue weighted by molar-refractivity contribution is 4.95. The molecule has 0 fully saturated rings. The lowest BCUT2D eigenvalue weighted by atomic mass is 10.2. The number of hydrogen-bond donors (Lipinski definition) is 0. The molecule has 0 saturated heterocycles. The van der Waals surface area contributed by atoms with Crippen molar-refractivity contribution in [3.05, 3.63) is 18.2 Å². The van der Waals surface area contributed by atoms with E-state index in [9.17, 15) is 0 Å². The molecule has 0 unspecified atom stereocenters. The fourth-order valence-electron chi connectivity index (χ4n) is 1.26. The molecule has 1 aromatic rings. The lowest BCUT2D eigenvalue weighted by Crippen LogP contribution is -1.93. The second-order valence-corrected chi connectivity index (χ2v) is 3.16. The van der Waals surface area contributed by atoms with E-state index in [0.29, 0.717) is 0 Å². The molecule has 2 nitrogen and oxygen atoms in total. The monoisotopic (exact) mass is 226 g/mol. The van der Waals surface area contributed by atoms with Crippen LogP contribution in [0.15, 0.2) is 12.5 Å². The van der Waals surface area contributed by atoms with Crippen molar-refractivity contribution in [1.82, 2.24) is 9.55 Å². The van der Waals surface area contributed by atoms with Gasteiger partial charge in [0.2, 0.25) is 0 Å². The van der Waals surface area contributed by atoms with E-state index in [1.807, 2.05) is 34.0 Å². The molecule has 0 aromatic carbocycles. The van der Waals surface area contributed by atoms with Gasteiger partial charge in [0.1, 0.15) is 0 Å². The molecule has 1 aromatic heterocycles. The predicted molar refractivity (Wildman–Crippen MR) is 73.8 cm³/mol. The molecule has 0 atom stereocenters. The molecular formula is C14H30N2. The Morgan fingerprint density at radius 2 is 1.69 bits per heavy atom. The molecule has 0 amide bonds. The summed E-state index contributed by atoms with van der Waals surface area (Å²) in [7, 11) is 0. The maximum atomic E-state index is 4.28. The van der Waals surface area contributed by atoms with E-state index in [4.69, 9.17) is 0 Å². The zero-order valence-corrected chi connectivity index (χ0v) is 12.1. The molecular weight excluding hydrogens is 196 g/mol. The quantitative estimate of drug-likeness (QED) is 0.666. The number of nitrogens with zero attached hydrogens (tertiary/aromatic N) is 2. The number of hydrogen-bond acceptors (Lipinski definition) is 1. The molecule has 0 bridgehead atoms. The molecule has 2 heteroatoms. The first kappa shape index (κ1) is 17.6. The average Bonchev–Trinajstić information content (AvgIpc) is 2.83. The molecule has 0 aliphatic rings. The van der Waals surface area contributed by atoms with Crippen LogP contribution in [0.1, 0.15) is 66.5 Å². The molecule has 0 aliphatic carbocycles. The van der Waals surface area contributed by atoms with Crippen LogP contribution in [0.3, 0.4) is 0 Å². The van der Waals surface area contributed by atoms with Crippen molar-refractivity contribution < 1.29 is 0 Å². The number of aryl methyl sites for hydroxylation is 2. The summed E-state index contributed by atoms with van der Waals surface area (Å²) in [4.78, 5) is 4.28.